The fourth-order valence-electron chi connectivity index (χ4n) is 2.68. The maximum absolute atomic E-state index is 13.0. The molecule has 0 aliphatic heterocycles. The molecular weight excluding hydrogens is 506 g/mol. The van der Waals surface area contributed by atoms with Crippen molar-refractivity contribution in [1.29, 1.82) is 0 Å². The number of pyridine rings is 1. The number of hydrogen-bond donors (Lipinski definition) is 1. The molecule has 0 aliphatic rings. The maximum atomic E-state index is 13.0. The van der Waals surface area contributed by atoms with Crippen molar-refractivity contribution in [1.82, 2.24) is 4.98 Å². The second kappa shape index (κ2) is 11.0. The minimum atomic E-state index is -4.65. The lowest BCUT2D eigenvalue weighted by molar-refractivity contribution is -0.384. The molecule has 1 N–H and O–H groups in total. The zero-order chi connectivity index (χ0) is 25.7. The highest BCUT2D eigenvalue weighted by molar-refractivity contribution is 7.59. The molecule has 1 aromatic carbocycles. The monoisotopic (exact) mass is 525 g/mol. The average Bonchev–Trinajstić information content (AvgIpc) is 2.76. The second-order valence-electron chi connectivity index (χ2n) is 6.87. The molecule has 1 aromatic heterocycles. The largest absolute Gasteiger partial charge is 0.467 e. The first-order valence-corrected chi connectivity index (χ1v) is 12.0. The summed E-state index contributed by atoms with van der Waals surface area (Å²) < 4.78 is 66.4. The van der Waals surface area contributed by atoms with Crippen LogP contribution in [0.5, 0.6) is 11.6 Å². The lowest BCUT2D eigenvalue weighted by Gasteiger charge is -2.25. The van der Waals surface area contributed by atoms with Gasteiger partial charge in [0, 0.05) is 25.0 Å². The molecular formula is C19H20ClF3N3O7P. The van der Waals surface area contributed by atoms with Gasteiger partial charge >= 0.3 is 12.1 Å². The summed E-state index contributed by atoms with van der Waals surface area (Å²) in [6.07, 6.45) is -3.92. The number of carbonyl (C=O) groups excluding carboxylic acids is 1. The topological polar surface area (TPSA) is 130 Å². The lowest BCUT2D eigenvalue weighted by atomic mass is 10.2. The Morgan fingerprint density at radius 1 is 1.35 bits per heavy atom. The van der Waals surface area contributed by atoms with E-state index < -0.39 is 53.1 Å². The van der Waals surface area contributed by atoms with Crippen LogP contribution in [0.3, 0.4) is 0 Å². The predicted molar refractivity (Wildman–Crippen MR) is 117 cm³/mol. The van der Waals surface area contributed by atoms with E-state index in [1.165, 1.54) is 18.8 Å². The fraction of sp³-hybridized carbons (Fsp3) is 0.368. The predicted octanol–water partition coefficient (Wildman–Crippen LogP) is 5.70. The number of nitro groups is 1. The number of halogens is 4. The van der Waals surface area contributed by atoms with Gasteiger partial charge in [0.15, 0.2) is 6.61 Å². The van der Waals surface area contributed by atoms with Crippen molar-refractivity contribution in [2.75, 3.05) is 25.7 Å². The number of alkyl halides is 3. The summed E-state index contributed by atoms with van der Waals surface area (Å²) in [7, 11) is -2.38. The van der Waals surface area contributed by atoms with Crippen LogP contribution in [-0.4, -0.2) is 42.0 Å². The highest BCUT2D eigenvalue weighted by Gasteiger charge is 2.33. The van der Waals surface area contributed by atoms with Gasteiger partial charge in [-0.25, -0.2) is 9.78 Å². The number of aromatic nitrogens is 1. The van der Waals surface area contributed by atoms with Crippen LogP contribution in [0.4, 0.5) is 24.5 Å². The maximum Gasteiger partial charge on any atom is 0.417 e. The number of esters is 1. The molecule has 186 valence electrons. The van der Waals surface area contributed by atoms with Gasteiger partial charge in [0.2, 0.25) is 13.2 Å². The molecule has 34 heavy (non-hydrogen) atoms. The van der Waals surface area contributed by atoms with E-state index in [0.29, 0.717) is 12.3 Å². The van der Waals surface area contributed by atoms with Crippen LogP contribution in [0, 0.1) is 10.1 Å². The summed E-state index contributed by atoms with van der Waals surface area (Å²) in [6.45, 7) is 2.33. The summed E-state index contributed by atoms with van der Waals surface area (Å²) in [4.78, 5) is 25.7. The van der Waals surface area contributed by atoms with Gasteiger partial charge in [-0.1, -0.05) is 18.5 Å². The molecule has 0 bridgehead atoms. The third-order valence-corrected chi connectivity index (χ3v) is 6.99. The van der Waals surface area contributed by atoms with Crippen molar-refractivity contribution in [2.45, 2.75) is 25.3 Å². The van der Waals surface area contributed by atoms with Gasteiger partial charge < -0.3 is 19.3 Å². The first-order valence-electron chi connectivity index (χ1n) is 9.52. The number of ether oxygens (including phenoxy) is 2. The van der Waals surface area contributed by atoms with E-state index in [1.807, 2.05) is 0 Å². The van der Waals surface area contributed by atoms with E-state index in [4.69, 9.17) is 20.9 Å². The number of rotatable bonds is 10. The molecule has 0 fully saturated rings. The van der Waals surface area contributed by atoms with Gasteiger partial charge in [-0.2, -0.15) is 13.2 Å². The average molecular weight is 526 g/mol. The molecule has 0 saturated heterocycles. The third kappa shape index (κ3) is 7.05. The van der Waals surface area contributed by atoms with Gasteiger partial charge in [0.1, 0.15) is 22.2 Å². The zero-order valence-corrected chi connectivity index (χ0v) is 19.7. The molecule has 2 atom stereocenters. The Kier molecular flexibility index (Phi) is 8.87. The van der Waals surface area contributed by atoms with Gasteiger partial charge in [-0.15, -0.1) is 0 Å². The number of benzene rings is 1. The van der Waals surface area contributed by atoms with E-state index in [9.17, 15) is 32.6 Å². The second-order valence-corrected chi connectivity index (χ2v) is 9.98. The van der Waals surface area contributed by atoms with Crippen LogP contribution in [0.1, 0.15) is 18.9 Å². The molecule has 10 nitrogen and oxygen atoms in total. The number of methoxy groups -OCH3 is 1. The zero-order valence-electron chi connectivity index (χ0n) is 18.1. The van der Waals surface area contributed by atoms with Gasteiger partial charge in [-0.05, 0) is 18.6 Å². The minimum Gasteiger partial charge on any atom is -0.467 e. The Morgan fingerprint density at radius 2 is 2.03 bits per heavy atom. The molecule has 0 radical (unpaired) electrons. The van der Waals surface area contributed by atoms with E-state index in [0.717, 1.165) is 13.2 Å². The fourth-order valence-corrected chi connectivity index (χ4v) is 4.46. The molecule has 1 heterocycles. The van der Waals surface area contributed by atoms with Crippen molar-refractivity contribution < 1.29 is 41.5 Å². The number of nitrogens with one attached hydrogen (secondary N) is 1. The van der Waals surface area contributed by atoms with Gasteiger partial charge in [-0.3, -0.25) is 14.7 Å². The van der Waals surface area contributed by atoms with Crippen LogP contribution in [0.25, 0.3) is 0 Å². The molecule has 15 heteroatoms. The first-order chi connectivity index (χ1) is 15.8. The van der Waals surface area contributed by atoms with E-state index >= 15 is 0 Å². The summed E-state index contributed by atoms with van der Waals surface area (Å²) >= 11 is 5.84. The van der Waals surface area contributed by atoms with E-state index in [1.54, 1.807) is 6.92 Å². The Bertz CT molecular complexity index is 1120. The molecule has 2 rings (SSSR count). The number of nitro benzene ring substituents is 1. The summed E-state index contributed by atoms with van der Waals surface area (Å²) in [6, 6.07) is 4.09. The van der Waals surface area contributed by atoms with E-state index in [-0.39, 0.29) is 23.7 Å². The van der Waals surface area contributed by atoms with Gasteiger partial charge in [0.05, 0.1) is 17.6 Å². The number of carbonyl (C=O) groups is 1. The molecule has 0 amide bonds. The quantitative estimate of drug-likeness (QED) is 0.180. The molecule has 0 aliphatic carbocycles. The number of nitrogens with zero attached hydrogens (tertiary/aromatic N) is 2. The summed E-state index contributed by atoms with van der Waals surface area (Å²) in [5, 5.41) is 13.8. The summed E-state index contributed by atoms with van der Waals surface area (Å²) in [5.41, 5.74) is -1.58. The van der Waals surface area contributed by atoms with Crippen LogP contribution in [-0.2, 0) is 24.8 Å². The van der Waals surface area contributed by atoms with Crippen molar-refractivity contribution in [3.63, 3.8) is 0 Å². The Balaban J connectivity index is 2.33. The Labute approximate surface area is 197 Å². The summed E-state index contributed by atoms with van der Waals surface area (Å²) in [5.74, 6) is -2.08. The third-order valence-electron chi connectivity index (χ3n) is 4.46. The normalized spacial score (nSPS) is 14.1. The highest BCUT2D eigenvalue weighted by Crippen LogP contribution is 2.50. The van der Waals surface area contributed by atoms with Crippen LogP contribution < -0.4 is 10.1 Å². The van der Waals surface area contributed by atoms with E-state index in [2.05, 4.69) is 15.0 Å². The number of hydrogen-bond acceptors (Lipinski definition) is 9. The minimum absolute atomic E-state index is 0.0430. The standard InChI is InChI=1S/C19H20ClF3N3O7P/c1-4-16(34(3,30)32-10-17(27)31-2)25-14-8-12(5-6-15(14)26(28)29)33-18-13(20)7-11(9-24-18)19(21,22)23/h5-9,16,25H,4,10H2,1-3H3. The van der Waals surface area contributed by atoms with Crippen LogP contribution >= 0.6 is 19.0 Å². The van der Waals surface area contributed by atoms with Crippen molar-refractivity contribution >= 4 is 36.3 Å². The molecule has 0 spiro atoms. The highest BCUT2D eigenvalue weighted by atomic mass is 35.5. The smallest absolute Gasteiger partial charge is 0.417 e. The van der Waals surface area contributed by atoms with Crippen molar-refractivity contribution in [2.24, 2.45) is 0 Å². The van der Waals surface area contributed by atoms with Crippen molar-refractivity contribution in [3.8, 4) is 11.6 Å². The molecule has 0 saturated carbocycles. The van der Waals surface area contributed by atoms with Crippen molar-refractivity contribution in [3.05, 3.63) is 51.2 Å². The first kappa shape index (κ1) is 27.4. The Morgan fingerprint density at radius 3 is 2.56 bits per heavy atom. The number of anilines is 1. The molecule has 2 unspecified atom stereocenters. The lowest BCUT2D eigenvalue weighted by Crippen LogP contribution is -2.22. The Hall–Kier alpha value is -2.89. The van der Waals surface area contributed by atoms with Gasteiger partial charge in [0.25, 0.3) is 5.69 Å². The molecule has 2 aromatic rings. The van der Waals surface area contributed by atoms with Crippen LogP contribution in [0.15, 0.2) is 30.5 Å². The van der Waals surface area contributed by atoms with Crippen LogP contribution in [0.2, 0.25) is 5.02 Å². The SMILES string of the molecule is CCC(Nc1cc(Oc2ncc(C(F)(F)F)cc2Cl)ccc1[N+](=O)[O-])P(C)(=O)OCC(=O)OC.